The number of carbonyl (C=O) groups excluding carboxylic acids is 2. The van der Waals surface area contributed by atoms with E-state index in [1.165, 1.54) is 18.2 Å². The Balaban J connectivity index is 1.41. The molecule has 4 aromatic rings. The smallest absolute Gasteiger partial charge is 0.410 e. The normalized spacial score (nSPS) is 15.9. The number of carbonyl (C=O) groups is 2. The van der Waals surface area contributed by atoms with Gasteiger partial charge in [-0.05, 0) is 47.2 Å². The minimum absolute atomic E-state index is 0.0141. The molecule has 1 aliphatic heterocycles. The Kier molecular flexibility index (Phi) is 11.3. The second-order valence-electron chi connectivity index (χ2n) is 11.1. The van der Waals surface area contributed by atoms with Crippen molar-refractivity contribution in [2.45, 2.75) is 35.5 Å². The Labute approximate surface area is 278 Å². The molecule has 0 saturated carbocycles. The maximum absolute atomic E-state index is 13.6. The van der Waals surface area contributed by atoms with Gasteiger partial charge in [-0.1, -0.05) is 104 Å². The molecule has 5 rings (SSSR count). The van der Waals surface area contributed by atoms with Gasteiger partial charge < -0.3 is 19.7 Å². The summed E-state index contributed by atoms with van der Waals surface area (Å²) in [5, 5.41) is 13.8. The van der Waals surface area contributed by atoms with E-state index in [4.69, 9.17) is 9.47 Å². The van der Waals surface area contributed by atoms with E-state index in [-0.39, 0.29) is 30.2 Å². The average molecular weight is 652 g/mol. The van der Waals surface area contributed by atoms with Gasteiger partial charge in [-0.2, -0.15) is 0 Å². The Morgan fingerprint density at radius 2 is 1.45 bits per heavy atom. The monoisotopic (exact) mass is 651 g/mol. The van der Waals surface area contributed by atoms with Crippen LogP contribution in [0.2, 0.25) is 0 Å². The van der Waals surface area contributed by atoms with Crippen molar-refractivity contribution in [2.24, 2.45) is 0 Å². The van der Waals surface area contributed by atoms with Crippen LogP contribution in [0.25, 0.3) is 0 Å². The highest BCUT2D eigenvalue weighted by atomic mass is 32.2. The number of likely N-dealkylation sites (tertiary alicyclic amines) is 1. The molecule has 2 atom stereocenters. The first kappa shape index (κ1) is 33.3. The van der Waals surface area contributed by atoms with Gasteiger partial charge >= 0.3 is 12.2 Å². The minimum Gasteiger partial charge on any atom is -0.445 e. The molecule has 9 nitrogen and oxygen atoms in total. The van der Waals surface area contributed by atoms with E-state index in [2.05, 4.69) is 48.3 Å². The number of hydrogen-bond acceptors (Lipinski definition) is 7. The van der Waals surface area contributed by atoms with Gasteiger partial charge in [0.2, 0.25) is 0 Å². The maximum Gasteiger partial charge on any atom is 0.410 e. The van der Waals surface area contributed by atoms with Crippen molar-refractivity contribution in [3.05, 3.63) is 160 Å². The van der Waals surface area contributed by atoms with Crippen LogP contribution in [0.4, 0.5) is 15.3 Å². The van der Waals surface area contributed by atoms with Gasteiger partial charge in [0.05, 0.1) is 9.67 Å². The summed E-state index contributed by atoms with van der Waals surface area (Å²) in [5.41, 5.74) is 4.00. The van der Waals surface area contributed by atoms with E-state index in [0.717, 1.165) is 16.7 Å². The molecule has 1 saturated heterocycles. The zero-order chi connectivity index (χ0) is 33.1. The number of hydrogen-bond donors (Lipinski definition) is 1. The van der Waals surface area contributed by atoms with Gasteiger partial charge in [0, 0.05) is 36.5 Å². The van der Waals surface area contributed by atoms with Crippen LogP contribution in [-0.4, -0.2) is 53.0 Å². The minimum atomic E-state index is -0.565. The molecule has 10 heteroatoms. The number of ether oxygens (including phenoxy) is 2. The van der Waals surface area contributed by atoms with E-state index < -0.39 is 21.9 Å². The van der Waals surface area contributed by atoms with Crippen LogP contribution in [0.5, 0.6) is 0 Å². The highest BCUT2D eigenvalue weighted by Crippen LogP contribution is 2.52. The van der Waals surface area contributed by atoms with Crippen LogP contribution in [0.3, 0.4) is 0 Å². The van der Waals surface area contributed by atoms with Crippen LogP contribution in [-0.2, 0) is 20.8 Å². The molecule has 0 bridgehead atoms. The van der Waals surface area contributed by atoms with Crippen LogP contribution in [0.1, 0.15) is 35.1 Å². The molecular weight excluding hydrogens is 614 g/mol. The molecule has 242 valence electrons. The highest BCUT2D eigenvalue weighted by molar-refractivity contribution is 8.01. The predicted molar refractivity (Wildman–Crippen MR) is 183 cm³/mol. The van der Waals surface area contributed by atoms with Gasteiger partial charge in [0.25, 0.3) is 5.69 Å². The van der Waals surface area contributed by atoms with Crippen molar-refractivity contribution in [1.82, 2.24) is 10.2 Å². The molecule has 1 fully saturated rings. The van der Waals surface area contributed by atoms with Crippen LogP contribution in [0, 0.1) is 10.1 Å². The third-order valence-electron chi connectivity index (χ3n) is 8.08. The van der Waals surface area contributed by atoms with E-state index in [0.29, 0.717) is 31.5 Å². The number of benzene rings is 4. The molecule has 0 aliphatic carbocycles. The van der Waals surface area contributed by atoms with E-state index >= 15 is 0 Å². The van der Waals surface area contributed by atoms with Crippen molar-refractivity contribution in [3.63, 3.8) is 0 Å². The average Bonchev–Trinajstić information content (AvgIpc) is 3.52. The first-order chi connectivity index (χ1) is 22.9. The maximum atomic E-state index is 13.6. The molecular formula is C37H37N3O6S. The van der Waals surface area contributed by atoms with Gasteiger partial charge in [-0.3, -0.25) is 10.1 Å². The summed E-state index contributed by atoms with van der Waals surface area (Å²) < 4.78 is 10.2. The third-order valence-corrected chi connectivity index (χ3v) is 9.82. The Morgan fingerprint density at radius 3 is 1.96 bits per heavy atom. The molecule has 2 amide bonds. The number of alkyl carbamates (subject to hydrolysis) is 1. The summed E-state index contributed by atoms with van der Waals surface area (Å²) >= 11 is 1.82. The standard InChI is InChI=1S/C37H37N3O6S/c1-2-24-45-35(41)38-23-22-33-25-34(26-39(33)36(42)46-27-28-18-20-32(21-19-28)40(43)44)47-37(29-12-6-3-7-13-29,30-14-8-4-9-15-30)31-16-10-5-11-17-31/h2-21,33-34H,1,22-27H2,(H,38,41)/t33-,34+/m1/s1. The summed E-state index contributed by atoms with van der Waals surface area (Å²) in [7, 11) is 0. The number of non-ortho nitro benzene ring substituents is 1. The van der Waals surface area contributed by atoms with Crippen molar-refractivity contribution in [1.29, 1.82) is 0 Å². The van der Waals surface area contributed by atoms with Crippen LogP contribution < -0.4 is 5.32 Å². The van der Waals surface area contributed by atoms with Crippen molar-refractivity contribution >= 4 is 29.6 Å². The lowest BCUT2D eigenvalue weighted by Crippen LogP contribution is -2.38. The number of nitrogens with one attached hydrogen (secondary N) is 1. The van der Waals surface area contributed by atoms with Gasteiger partial charge in [-0.15, -0.1) is 11.8 Å². The van der Waals surface area contributed by atoms with Crippen LogP contribution in [0.15, 0.2) is 128 Å². The lowest BCUT2D eigenvalue weighted by atomic mass is 9.84. The van der Waals surface area contributed by atoms with E-state index in [1.807, 2.05) is 66.4 Å². The second-order valence-corrected chi connectivity index (χ2v) is 12.7. The summed E-state index contributed by atoms with van der Waals surface area (Å²) in [4.78, 5) is 38.1. The summed E-state index contributed by atoms with van der Waals surface area (Å²) in [5.74, 6) is 0. The third kappa shape index (κ3) is 8.20. The molecule has 1 heterocycles. The molecule has 0 aromatic heterocycles. The van der Waals surface area contributed by atoms with E-state index in [1.54, 1.807) is 17.0 Å². The van der Waals surface area contributed by atoms with Gasteiger partial charge in [0.15, 0.2) is 0 Å². The quantitative estimate of drug-likeness (QED) is 0.0683. The fourth-order valence-corrected chi connectivity index (χ4v) is 7.77. The molecule has 1 aliphatic rings. The molecule has 0 unspecified atom stereocenters. The second kappa shape index (κ2) is 16.0. The SMILES string of the molecule is C=CCOC(=O)NCC[C@@H]1C[C@H](SC(c2ccccc2)(c2ccccc2)c2ccccc2)CN1C(=O)OCc1ccc([N+](=O)[O-])cc1. The predicted octanol–water partition coefficient (Wildman–Crippen LogP) is 7.70. The first-order valence-electron chi connectivity index (χ1n) is 15.4. The first-order valence-corrected chi connectivity index (χ1v) is 16.3. The lowest BCUT2D eigenvalue weighted by molar-refractivity contribution is -0.384. The van der Waals surface area contributed by atoms with Crippen molar-refractivity contribution < 1.29 is 24.0 Å². The van der Waals surface area contributed by atoms with E-state index in [9.17, 15) is 19.7 Å². The number of thioether (sulfide) groups is 1. The lowest BCUT2D eigenvalue weighted by Gasteiger charge is -2.37. The molecule has 47 heavy (non-hydrogen) atoms. The summed E-state index contributed by atoms with van der Waals surface area (Å²) in [6.07, 6.45) is 1.66. The van der Waals surface area contributed by atoms with Gasteiger partial charge in [0.1, 0.15) is 13.2 Å². The number of nitrogens with zero attached hydrogens (tertiary/aromatic N) is 2. The fourth-order valence-electron chi connectivity index (χ4n) is 5.90. The van der Waals surface area contributed by atoms with Crippen molar-refractivity contribution in [3.8, 4) is 0 Å². The fraction of sp³-hybridized carbons (Fsp3) is 0.243. The number of nitro benzene ring substituents is 1. The summed E-state index contributed by atoms with van der Waals surface area (Å²) in [6, 6.07) is 36.9. The Bertz CT molecular complexity index is 1540. The number of rotatable bonds is 13. The Morgan fingerprint density at radius 1 is 0.894 bits per heavy atom. The number of nitro groups is 1. The van der Waals surface area contributed by atoms with Crippen molar-refractivity contribution in [2.75, 3.05) is 19.7 Å². The largest absolute Gasteiger partial charge is 0.445 e. The number of amides is 2. The molecule has 0 spiro atoms. The Hall–Kier alpha value is -5.09. The van der Waals surface area contributed by atoms with Crippen LogP contribution >= 0.6 is 11.8 Å². The molecule has 4 aromatic carbocycles. The zero-order valence-corrected chi connectivity index (χ0v) is 26.7. The zero-order valence-electron chi connectivity index (χ0n) is 25.9. The topological polar surface area (TPSA) is 111 Å². The summed E-state index contributed by atoms with van der Waals surface area (Å²) in [6.45, 7) is 4.39. The molecule has 1 N–H and O–H groups in total. The van der Waals surface area contributed by atoms with Gasteiger partial charge in [-0.25, -0.2) is 9.59 Å². The highest BCUT2D eigenvalue weighted by Gasteiger charge is 2.44. The molecule has 0 radical (unpaired) electrons.